The van der Waals surface area contributed by atoms with Crippen LogP contribution in [-0.4, -0.2) is 55.9 Å². The van der Waals surface area contributed by atoms with Gasteiger partial charge in [-0.3, -0.25) is 24.4 Å². The van der Waals surface area contributed by atoms with Crippen LogP contribution in [-0.2, 0) is 19.2 Å². The molecule has 2 aliphatic heterocycles. The zero-order valence-corrected chi connectivity index (χ0v) is 21.8. The number of hydroxylamine groups is 2. The highest BCUT2D eigenvalue weighted by atomic mass is 35.5. The van der Waals surface area contributed by atoms with Crippen LogP contribution >= 0.6 is 23.2 Å². The second kappa shape index (κ2) is 8.51. The summed E-state index contributed by atoms with van der Waals surface area (Å²) in [5, 5.41) is 20.3. The molecule has 2 N–H and O–H groups in total. The quantitative estimate of drug-likeness (QED) is 0.249. The molecule has 0 bridgehead atoms. The molecule has 3 fully saturated rings. The van der Waals surface area contributed by atoms with Crippen molar-refractivity contribution < 1.29 is 38.6 Å². The Morgan fingerprint density at radius 1 is 1.00 bits per heavy atom. The van der Waals surface area contributed by atoms with E-state index in [4.69, 9.17) is 27.9 Å². The number of phenolic OH excluding ortho intramolecular Hbond substituents is 1. The van der Waals surface area contributed by atoms with E-state index in [0.717, 1.165) is 17.0 Å². The monoisotopic (exact) mass is 574 g/mol. The number of methoxy groups -OCH3 is 1. The molecule has 12 heteroatoms. The van der Waals surface area contributed by atoms with Gasteiger partial charge in [-0.2, -0.15) is 5.06 Å². The number of fused-ring (bicyclic) bond motifs is 4. The normalized spacial score (nSPS) is 33.6. The number of amides is 4. The van der Waals surface area contributed by atoms with Gasteiger partial charge >= 0.3 is 0 Å². The number of imide groups is 2. The van der Waals surface area contributed by atoms with Gasteiger partial charge in [0, 0.05) is 17.5 Å². The lowest BCUT2D eigenvalue weighted by atomic mass is 9.56. The highest BCUT2D eigenvalue weighted by Crippen LogP contribution is 2.66. The average Bonchev–Trinajstić information content (AvgIpc) is 3.22. The Hall–Kier alpha value is -3.47. The molecule has 1 saturated carbocycles. The molecule has 2 heterocycles. The summed E-state index contributed by atoms with van der Waals surface area (Å²) in [7, 11) is 1.36. The lowest BCUT2D eigenvalue weighted by molar-refractivity contribution is -0.173. The van der Waals surface area contributed by atoms with Crippen LogP contribution in [0.15, 0.2) is 54.1 Å². The van der Waals surface area contributed by atoms with Crippen molar-refractivity contribution in [2.75, 3.05) is 12.0 Å². The smallest absolute Gasteiger partial charge is 0.258 e. The number of phenols is 1. The largest absolute Gasteiger partial charge is 0.508 e. The van der Waals surface area contributed by atoms with Crippen LogP contribution in [0.5, 0.6) is 11.5 Å². The topological polar surface area (TPSA) is 124 Å². The predicted molar refractivity (Wildman–Crippen MR) is 135 cm³/mol. The second-order valence-corrected chi connectivity index (χ2v) is 11.4. The van der Waals surface area contributed by atoms with E-state index in [0.29, 0.717) is 11.1 Å². The summed E-state index contributed by atoms with van der Waals surface area (Å²) in [4.78, 5) is 50.5. The number of carbonyl (C=O) groups is 4. The minimum atomic E-state index is -2.13. The highest BCUT2D eigenvalue weighted by molar-refractivity contribution is 6.58. The van der Waals surface area contributed by atoms with E-state index in [-0.39, 0.29) is 35.1 Å². The number of nitrogens with zero attached hydrogens (tertiary/aromatic N) is 2. The Morgan fingerprint density at radius 2 is 1.69 bits per heavy atom. The molecule has 4 amide bonds. The first-order chi connectivity index (χ1) is 18.5. The zero-order chi connectivity index (χ0) is 28.0. The molecule has 2 aromatic rings. The molecule has 202 valence electrons. The first-order valence-electron chi connectivity index (χ1n) is 12.1. The standard InChI is InChI=1S/C27H21Cl2FN2O7/c1-39-19-10-14(33)6-7-16(19)21-15-8-9-17-20(23(35)32(38)22(17)34)18(15)11-26(28)24(36)31(25(37)27(21,26)29)13-4-2-12(30)3-5-13/h2-8,10,17-18,20-21,33,38H,9,11H2,1H3/t17-,18+,20-,21+,26+,27-/m0/s1. The van der Waals surface area contributed by atoms with Crippen LogP contribution in [0.4, 0.5) is 10.1 Å². The van der Waals surface area contributed by atoms with Gasteiger partial charge in [0.1, 0.15) is 17.3 Å². The molecule has 39 heavy (non-hydrogen) atoms. The van der Waals surface area contributed by atoms with E-state index in [1.54, 1.807) is 6.08 Å². The second-order valence-electron chi connectivity index (χ2n) is 10.2. The molecule has 0 radical (unpaired) electrons. The van der Waals surface area contributed by atoms with Crippen LogP contribution in [0.1, 0.15) is 24.3 Å². The van der Waals surface area contributed by atoms with E-state index in [1.807, 2.05) is 0 Å². The van der Waals surface area contributed by atoms with Crippen molar-refractivity contribution in [1.82, 2.24) is 5.06 Å². The number of allylic oxidation sites excluding steroid dienone is 2. The Morgan fingerprint density at radius 3 is 2.36 bits per heavy atom. The van der Waals surface area contributed by atoms with Gasteiger partial charge in [0.25, 0.3) is 23.6 Å². The lowest BCUT2D eigenvalue weighted by Gasteiger charge is -2.50. The molecule has 2 aliphatic carbocycles. The number of benzene rings is 2. The molecule has 2 saturated heterocycles. The third-order valence-electron chi connectivity index (χ3n) is 8.40. The summed E-state index contributed by atoms with van der Waals surface area (Å²) in [5.41, 5.74) is 0.871. The summed E-state index contributed by atoms with van der Waals surface area (Å²) in [6, 6.07) is 8.86. The van der Waals surface area contributed by atoms with Crippen molar-refractivity contribution in [1.29, 1.82) is 0 Å². The van der Waals surface area contributed by atoms with Crippen molar-refractivity contribution in [3.8, 4) is 11.5 Å². The number of hydrogen-bond donors (Lipinski definition) is 2. The summed E-state index contributed by atoms with van der Waals surface area (Å²) in [6.45, 7) is 0. The number of halogens is 3. The Bertz CT molecular complexity index is 1500. The van der Waals surface area contributed by atoms with Crippen LogP contribution in [0.25, 0.3) is 0 Å². The predicted octanol–water partition coefficient (Wildman–Crippen LogP) is 3.49. The Balaban J connectivity index is 1.60. The summed E-state index contributed by atoms with van der Waals surface area (Å²) < 4.78 is 19.2. The number of alkyl halides is 2. The first kappa shape index (κ1) is 25.8. The first-order valence-corrected chi connectivity index (χ1v) is 12.9. The van der Waals surface area contributed by atoms with Crippen molar-refractivity contribution in [2.24, 2.45) is 17.8 Å². The minimum absolute atomic E-state index is 0.0563. The molecule has 0 aromatic heterocycles. The average molecular weight is 575 g/mol. The van der Waals surface area contributed by atoms with Gasteiger partial charge in [0.15, 0.2) is 9.75 Å². The van der Waals surface area contributed by atoms with Gasteiger partial charge in [-0.1, -0.05) is 17.7 Å². The number of carbonyl (C=O) groups excluding carboxylic acids is 4. The summed E-state index contributed by atoms with van der Waals surface area (Å²) in [6.07, 6.45) is 1.50. The van der Waals surface area contributed by atoms with E-state index < -0.39 is 62.9 Å². The molecule has 4 aliphatic rings. The van der Waals surface area contributed by atoms with E-state index >= 15 is 0 Å². The molecule has 0 spiro atoms. The number of aromatic hydroxyl groups is 1. The van der Waals surface area contributed by atoms with Gasteiger partial charge in [-0.05, 0) is 49.1 Å². The minimum Gasteiger partial charge on any atom is -0.508 e. The van der Waals surface area contributed by atoms with Crippen LogP contribution in [0.2, 0.25) is 0 Å². The Labute approximate surface area is 231 Å². The zero-order valence-electron chi connectivity index (χ0n) is 20.3. The van der Waals surface area contributed by atoms with Gasteiger partial charge in [0.05, 0.1) is 24.6 Å². The fourth-order valence-corrected chi connectivity index (χ4v) is 7.59. The van der Waals surface area contributed by atoms with Gasteiger partial charge < -0.3 is 9.84 Å². The third-order valence-corrected chi connectivity index (χ3v) is 9.81. The number of rotatable bonds is 3. The number of ether oxygens (including phenoxy) is 1. The fraction of sp³-hybridized carbons (Fsp3) is 0.333. The van der Waals surface area contributed by atoms with Crippen molar-refractivity contribution >= 4 is 52.5 Å². The maximum Gasteiger partial charge on any atom is 0.258 e. The lowest BCUT2D eigenvalue weighted by Crippen LogP contribution is -2.60. The maximum absolute atomic E-state index is 14.2. The third kappa shape index (κ3) is 3.22. The van der Waals surface area contributed by atoms with Gasteiger partial charge in [-0.15, -0.1) is 23.2 Å². The van der Waals surface area contributed by atoms with Gasteiger partial charge in [-0.25, -0.2) is 9.29 Å². The van der Waals surface area contributed by atoms with Crippen LogP contribution in [0.3, 0.4) is 0 Å². The number of anilines is 1. The SMILES string of the molecule is COc1cc(O)ccc1[C@H]1C2=CC[C@@H]3C(=O)N(O)C(=O)[C@@H]3[C@@H]2C[C@@]2(Cl)C(=O)N(c3ccc(F)cc3)C(=O)[C@@]12Cl. The van der Waals surface area contributed by atoms with Gasteiger partial charge in [0.2, 0.25) is 0 Å². The molecule has 6 rings (SSSR count). The van der Waals surface area contributed by atoms with E-state index in [9.17, 15) is 33.9 Å². The maximum atomic E-state index is 14.2. The molecule has 0 unspecified atom stereocenters. The molecule has 2 aromatic carbocycles. The molecular weight excluding hydrogens is 554 g/mol. The fourth-order valence-electron chi connectivity index (χ4n) is 6.67. The van der Waals surface area contributed by atoms with E-state index in [1.165, 1.54) is 37.4 Å². The van der Waals surface area contributed by atoms with Crippen molar-refractivity contribution in [2.45, 2.75) is 28.5 Å². The summed E-state index contributed by atoms with van der Waals surface area (Å²) in [5.74, 6) is -7.74. The Kier molecular flexibility index (Phi) is 5.63. The highest BCUT2D eigenvalue weighted by Gasteiger charge is 2.77. The summed E-state index contributed by atoms with van der Waals surface area (Å²) >= 11 is 14.4. The molecule has 9 nitrogen and oxygen atoms in total. The van der Waals surface area contributed by atoms with Crippen molar-refractivity contribution in [3.05, 3.63) is 65.5 Å². The number of hydrogen-bond acceptors (Lipinski definition) is 7. The molecular formula is C27H21Cl2FN2O7. The van der Waals surface area contributed by atoms with Crippen molar-refractivity contribution in [3.63, 3.8) is 0 Å². The van der Waals surface area contributed by atoms with Crippen LogP contribution in [0, 0.1) is 23.6 Å². The van der Waals surface area contributed by atoms with E-state index in [2.05, 4.69) is 0 Å². The van der Waals surface area contributed by atoms with Crippen LogP contribution < -0.4 is 9.64 Å². The molecule has 6 atom stereocenters.